The third-order valence-electron chi connectivity index (χ3n) is 4.66. The van der Waals surface area contributed by atoms with Crippen LogP contribution in [0.4, 0.5) is 19.1 Å². The number of aromatic nitrogens is 2. The van der Waals surface area contributed by atoms with Crippen molar-refractivity contribution < 1.29 is 27.5 Å². The van der Waals surface area contributed by atoms with Gasteiger partial charge in [0.1, 0.15) is 5.75 Å². The SMILES string of the molecule is COc1ccc(C2(Nc3ncc(C(=O)NNC(=O)C(F)(F)F)cn3)CCC2)cc1. The van der Waals surface area contributed by atoms with E-state index in [4.69, 9.17) is 4.74 Å². The molecule has 2 aromatic rings. The first-order valence-corrected chi connectivity index (χ1v) is 8.66. The van der Waals surface area contributed by atoms with Gasteiger partial charge in [-0.2, -0.15) is 13.2 Å². The molecule has 1 aliphatic carbocycles. The topological polar surface area (TPSA) is 105 Å². The van der Waals surface area contributed by atoms with Gasteiger partial charge >= 0.3 is 12.1 Å². The molecule has 3 N–H and O–H groups in total. The van der Waals surface area contributed by atoms with Gasteiger partial charge < -0.3 is 10.1 Å². The normalized spacial score (nSPS) is 15.0. The predicted molar refractivity (Wildman–Crippen MR) is 95.8 cm³/mol. The van der Waals surface area contributed by atoms with E-state index >= 15 is 0 Å². The summed E-state index contributed by atoms with van der Waals surface area (Å²) in [7, 11) is 1.59. The first-order valence-electron chi connectivity index (χ1n) is 8.66. The lowest BCUT2D eigenvalue weighted by Crippen LogP contribution is -2.47. The van der Waals surface area contributed by atoms with E-state index in [0.717, 1.165) is 43.0 Å². The maximum absolute atomic E-state index is 12.1. The van der Waals surface area contributed by atoms with E-state index in [1.165, 1.54) is 5.43 Å². The standard InChI is InChI=1S/C18H18F3N5O3/c1-29-13-5-3-12(4-6-13)17(7-2-8-17)24-16-22-9-11(10-23-16)14(27)25-26-15(28)18(19,20)21/h3-6,9-10H,2,7-8H2,1H3,(H,25,27)(H,26,28)(H,22,23,24). The van der Waals surface area contributed by atoms with Crippen LogP contribution in [-0.4, -0.2) is 35.1 Å². The number of amides is 2. The molecule has 1 aromatic carbocycles. The van der Waals surface area contributed by atoms with Crippen molar-refractivity contribution in [1.29, 1.82) is 0 Å². The van der Waals surface area contributed by atoms with Crippen LogP contribution < -0.4 is 20.9 Å². The molecule has 2 amide bonds. The van der Waals surface area contributed by atoms with Gasteiger partial charge in [-0.05, 0) is 37.0 Å². The maximum atomic E-state index is 12.1. The van der Waals surface area contributed by atoms with Crippen LogP contribution in [0.2, 0.25) is 0 Å². The highest BCUT2D eigenvalue weighted by atomic mass is 19.4. The van der Waals surface area contributed by atoms with Crippen molar-refractivity contribution in [1.82, 2.24) is 20.8 Å². The Hall–Kier alpha value is -3.37. The van der Waals surface area contributed by atoms with Crippen molar-refractivity contribution in [2.75, 3.05) is 12.4 Å². The number of hydrazine groups is 1. The van der Waals surface area contributed by atoms with Gasteiger partial charge in [0.15, 0.2) is 0 Å². The average Bonchev–Trinajstić information content (AvgIpc) is 2.68. The van der Waals surface area contributed by atoms with Crippen molar-refractivity contribution in [2.24, 2.45) is 0 Å². The summed E-state index contributed by atoms with van der Waals surface area (Å²) in [6.07, 6.45) is -0.0209. The zero-order valence-corrected chi connectivity index (χ0v) is 15.3. The summed E-state index contributed by atoms with van der Waals surface area (Å²) in [6, 6.07) is 7.63. The molecule has 0 bridgehead atoms. The van der Waals surface area contributed by atoms with Crippen LogP contribution in [0, 0.1) is 0 Å². The van der Waals surface area contributed by atoms with Gasteiger partial charge in [0.2, 0.25) is 5.95 Å². The van der Waals surface area contributed by atoms with Crippen LogP contribution in [-0.2, 0) is 10.3 Å². The fraction of sp³-hybridized carbons (Fsp3) is 0.333. The Morgan fingerprint density at radius 1 is 1.07 bits per heavy atom. The van der Waals surface area contributed by atoms with E-state index in [0.29, 0.717) is 0 Å². The summed E-state index contributed by atoms with van der Waals surface area (Å²) in [5.74, 6) is -2.23. The molecule has 0 unspecified atom stereocenters. The van der Waals surface area contributed by atoms with Crippen LogP contribution in [0.3, 0.4) is 0 Å². The second kappa shape index (κ2) is 7.94. The van der Waals surface area contributed by atoms with Gasteiger partial charge in [-0.1, -0.05) is 12.1 Å². The van der Waals surface area contributed by atoms with Crippen molar-refractivity contribution in [3.63, 3.8) is 0 Å². The summed E-state index contributed by atoms with van der Waals surface area (Å²) >= 11 is 0. The fourth-order valence-electron chi connectivity index (χ4n) is 2.91. The number of hydrogen-bond donors (Lipinski definition) is 3. The first-order chi connectivity index (χ1) is 13.7. The Bertz CT molecular complexity index is 881. The number of halogens is 3. The lowest BCUT2D eigenvalue weighted by molar-refractivity contribution is -0.174. The Balaban J connectivity index is 1.65. The molecule has 29 heavy (non-hydrogen) atoms. The Morgan fingerprint density at radius 3 is 2.17 bits per heavy atom. The molecule has 0 spiro atoms. The largest absolute Gasteiger partial charge is 0.497 e. The first kappa shape index (κ1) is 20.4. The summed E-state index contributed by atoms with van der Waals surface area (Å²) in [4.78, 5) is 30.7. The third-order valence-corrected chi connectivity index (χ3v) is 4.66. The minimum absolute atomic E-state index is 0.106. The third kappa shape index (κ3) is 4.55. The van der Waals surface area contributed by atoms with Gasteiger partial charge in [-0.15, -0.1) is 0 Å². The molecule has 1 aromatic heterocycles. The molecule has 11 heteroatoms. The summed E-state index contributed by atoms with van der Waals surface area (Å²) in [5, 5.41) is 3.27. The lowest BCUT2D eigenvalue weighted by atomic mass is 9.72. The summed E-state index contributed by atoms with van der Waals surface area (Å²) < 4.78 is 41.6. The van der Waals surface area contributed by atoms with Gasteiger partial charge in [0, 0.05) is 12.4 Å². The average molecular weight is 409 g/mol. The molecule has 1 saturated carbocycles. The Morgan fingerprint density at radius 2 is 1.69 bits per heavy atom. The highest BCUT2D eigenvalue weighted by molar-refractivity contribution is 5.95. The Labute approximate surface area is 163 Å². The van der Waals surface area contributed by atoms with Crippen molar-refractivity contribution in [2.45, 2.75) is 31.0 Å². The number of anilines is 1. The highest BCUT2D eigenvalue weighted by Gasteiger charge is 2.40. The molecule has 3 rings (SSSR count). The zero-order chi connectivity index (χ0) is 21.1. The van der Waals surface area contributed by atoms with Crippen molar-refractivity contribution in [3.05, 3.63) is 47.8 Å². The quantitative estimate of drug-likeness (QED) is 0.655. The highest BCUT2D eigenvalue weighted by Crippen LogP contribution is 2.43. The van der Waals surface area contributed by atoms with Crippen LogP contribution in [0.25, 0.3) is 0 Å². The molecule has 1 aliphatic rings. The molecule has 0 saturated heterocycles. The second-order valence-corrected chi connectivity index (χ2v) is 6.49. The lowest BCUT2D eigenvalue weighted by Gasteiger charge is -2.43. The summed E-state index contributed by atoms with van der Waals surface area (Å²) in [6.45, 7) is 0. The number of nitrogens with one attached hydrogen (secondary N) is 3. The number of carbonyl (C=O) groups is 2. The molecule has 154 valence electrons. The van der Waals surface area contributed by atoms with Gasteiger partial charge in [-0.25, -0.2) is 9.97 Å². The number of nitrogens with zero attached hydrogens (tertiary/aromatic N) is 2. The smallest absolute Gasteiger partial charge is 0.472 e. The van der Waals surface area contributed by atoms with Gasteiger partial charge in [0.05, 0.1) is 18.2 Å². The number of alkyl halides is 3. The molecule has 1 fully saturated rings. The van der Waals surface area contributed by atoms with E-state index in [2.05, 4.69) is 15.3 Å². The molecule has 0 radical (unpaired) electrons. The maximum Gasteiger partial charge on any atom is 0.472 e. The van der Waals surface area contributed by atoms with Crippen LogP contribution in [0.5, 0.6) is 5.75 Å². The van der Waals surface area contributed by atoms with Gasteiger partial charge in [0.25, 0.3) is 5.91 Å². The number of hydrogen-bond acceptors (Lipinski definition) is 6. The van der Waals surface area contributed by atoms with Crippen LogP contribution >= 0.6 is 0 Å². The molecule has 8 nitrogen and oxygen atoms in total. The van der Waals surface area contributed by atoms with Crippen LogP contribution in [0.15, 0.2) is 36.7 Å². The van der Waals surface area contributed by atoms with Crippen molar-refractivity contribution in [3.8, 4) is 5.75 Å². The van der Waals surface area contributed by atoms with E-state index in [-0.39, 0.29) is 17.1 Å². The minimum Gasteiger partial charge on any atom is -0.497 e. The number of ether oxygens (including phenoxy) is 1. The molecule has 0 atom stereocenters. The van der Waals surface area contributed by atoms with E-state index in [1.807, 2.05) is 24.3 Å². The summed E-state index contributed by atoms with van der Waals surface area (Å²) in [5.41, 5.74) is 3.54. The van der Waals surface area contributed by atoms with Crippen molar-refractivity contribution >= 4 is 17.8 Å². The number of rotatable bonds is 5. The molecule has 1 heterocycles. The number of benzene rings is 1. The van der Waals surface area contributed by atoms with E-state index < -0.39 is 18.0 Å². The van der Waals surface area contributed by atoms with E-state index in [9.17, 15) is 22.8 Å². The Kier molecular flexibility index (Phi) is 5.57. The fourth-order valence-corrected chi connectivity index (χ4v) is 2.91. The molecular formula is C18H18F3N5O3. The number of carbonyl (C=O) groups excluding carboxylic acids is 2. The molecule has 0 aliphatic heterocycles. The number of methoxy groups -OCH3 is 1. The van der Waals surface area contributed by atoms with E-state index in [1.54, 1.807) is 12.5 Å². The van der Waals surface area contributed by atoms with Gasteiger partial charge in [-0.3, -0.25) is 20.4 Å². The van der Waals surface area contributed by atoms with Crippen LogP contribution in [0.1, 0.15) is 35.2 Å². The minimum atomic E-state index is -5.10. The zero-order valence-electron chi connectivity index (χ0n) is 15.3. The predicted octanol–water partition coefficient (Wildman–Crippen LogP) is 2.30. The molecular weight excluding hydrogens is 391 g/mol. The monoisotopic (exact) mass is 409 g/mol. The second-order valence-electron chi connectivity index (χ2n) is 6.49.